The number of hydrogen-bond donors (Lipinski definition) is 2. The van der Waals surface area contributed by atoms with Crippen LogP contribution in [0.5, 0.6) is 11.5 Å². The van der Waals surface area contributed by atoms with Crippen molar-refractivity contribution in [3.63, 3.8) is 0 Å². The van der Waals surface area contributed by atoms with Gasteiger partial charge in [0.1, 0.15) is 5.82 Å². The van der Waals surface area contributed by atoms with Crippen LogP contribution in [0.4, 0.5) is 9.18 Å². The third-order valence-corrected chi connectivity index (χ3v) is 3.27. The van der Waals surface area contributed by atoms with E-state index in [9.17, 15) is 9.18 Å². The van der Waals surface area contributed by atoms with Gasteiger partial charge in [-0.15, -0.1) is 0 Å². The van der Waals surface area contributed by atoms with E-state index in [4.69, 9.17) is 9.47 Å². The van der Waals surface area contributed by atoms with Gasteiger partial charge in [0.2, 0.25) is 6.79 Å². The number of nitrogens with one attached hydrogen (secondary N) is 2. The molecule has 2 N–H and O–H groups in total. The number of carbonyl (C=O) groups is 1. The monoisotopic (exact) mass is 314 g/mol. The predicted octanol–water partition coefficient (Wildman–Crippen LogP) is 3.02. The molecule has 5 nitrogen and oxygen atoms in total. The molecule has 6 heteroatoms. The average molecular weight is 314 g/mol. The number of urea groups is 1. The molecule has 1 aliphatic heterocycles. The molecule has 0 unspecified atom stereocenters. The number of amides is 2. The summed E-state index contributed by atoms with van der Waals surface area (Å²) < 4.78 is 23.9. The summed E-state index contributed by atoms with van der Waals surface area (Å²) in [6.45, 7) is 0.559. The van der Waals surface area contributed by atoms with Gasteiger partial charge in [0.05, 0.1) is 0 Å². The lowest BCUT2D eigenvalue weighted by atomic mass is 10.2. The molecular weight excluding hydrogens is 299 g/mol. The highest BCUT2D eigenvalue weighted by molar-refractivity contribution is 5.75. The molecule has 1 heterocycles. The summed E-state index contributed by atoms with van der Waals surface area (Å²) in [5, 5.41) is 5.23. The summed E-state index contributed by atoms with van der Waals surface area (Å²) >= 11 is 0. The maximum Gasteiger partial charge on any atom is 0.319 e. The Hall–Kier alpha value is -3.02. The standard InChI is InChI=1S/C17H15FN2O3/c18-14-4-2-1-3-13(14)7-8-19-17(21)20-10-12-5-6-15-16(9-12)23-11-22-15/h1-9H,10-11H2,(H2,19,20,21)/b8-7+. The number of carbonyl (C=O) groups excluding carboxylic acids is 1. The Kier molecular flexibility index (Phi) is 4.42. The highest BCUT2D eigenvalue weighted by Crippen LogP contribution is 2.32. The van der Waals surface area contributed by atoms with Crippen LogP contribution in [0, 0.1) is 5.82 Å². The van der Waals surface area contributed by atoms with E-state index in [1.165, 1.54) is 18.3 Å². The summed E-state index contributed by atoms with van der Waals surface area (Å²) in [5.41, 5.74) is 1.30. The maximum atomic E-state index is 13.4. The number of fused-ring (bicyclic) bond motifs is 1. The van der Waals surface area contributed by atoms with Gasteiger partial charge in [0.25, 0.3) is 0 Å². The fourth-order valence-corrected chi connectivity index (χ4v) is 2.10. The minimum absolute atomic E-state index is 0.216. The van der Waals surface area contributed by atoms with Crippen molar-refractivity contribution in [3.05, 3.63) is 65.6 Å². The van der Waals surface area contributed by atoms with E-state index >= 15 is 0 Å². The van der Waals surface area contributed by atoms with Crippen LogP contribution in [0.3, 0.4) is 0 Å². The maximum absolute atomic E-state index is 13.4. The van der Waals surface area contributed by atoms with Crippen molar-refractivity contribution in [2.45, 2.75) is 6.54 Å². The molecule has 1 aliphatic rings. The van der Waals surface area contributed by atoms with Gasteiger partial charge in [-0.05, 0) is 29.8 Å². The average Bonchev–Trinajstić information content (AvgIpc) is 3.02. The Morgan fingerprint density at radius 3 is 2.87 bits per heavy atom. The molecule has 23 heavy (non-hydrogen) atoms. The summed E-state index contributed by atoms with van der Waals surface area (Å²) in [7, 11) is 0. The Morgan fingerprint density at radius 2 is 2.00 bits per heavy atom. The fourth-order valence-electron chi connectivity index (χ4n) is 2.10. The molecule has 118 valence electrons. The van der Waals surface area contributed by atoms with Crippen LogP contribution in [0.25, 0.3) is 6.08 Å². The molecule has 0 fully saturated rings. The number of hydrogen-bond acceptors (Lipinski definition) is 3. The minimum Gasteiger partial charge on any atom is -0.454 e. The fraction of sp³-hybridized carbons (Fsp3) is 0.118. The lowest BCUT2D eigenvalue weighted by Crippen LogP contribution is -2.31. The first-order valence-corrected chi connectivity index (χ1v) is 7.06. The molecule has 0 saturated carbocycles. The lowest BCUT2D eigenvalue weighted by Gasteiger charge is -2.06. The van der Waals surface area contributed by atoms with Crippen LogP contribution < -0.4 is 20.1 Å². The second-order valence-electron chi connectivity index (χ2n) is 4.87. The van der Waals surface area contributed by atoms with Crippen LogP contribution in [-0.4, -0.2) is 12.8 Å². The topological polar surface area (TPSA) is 59.6 Å². The Balaban J connectivity index is 1.49. The second kappa shape index (κ2) is 6.83. The van der Waals surface area contributed by atoms with Gasteiger partial charge in [-0.25, -0.2) is 9.18 Å². The molecule has 0 radical (unpaired) electrons. The van der Waals surface area contributed by atoms with Crippen LogP contribution >= 0.6 is 0 Å². The molecule has 2 aromatic carbocycles. The number of rotatable bonds is 4. The van der Waals surface area contributed by atoms with Gasteiger partial charge < -0.3 is 20.1 Å². The number of ether oxygens (including phenoxy) is 2. The zero-order valence-electron chi connectivity index (χ0n) is 12.2. The van der Waals surface area contributed by atoms with Gasteiger partial charge in [0.15, 0.2) is 11.5 Å². The van der Waals surface area contributed by atoms with E-state index < -0.39 is 0 Å². The number of benzene rings is 2. The van der Waals surface area contributed by atoms with Crippen molar-refractivity contribution < 1.29 is 18.7 Å². The van der Waals surface area contributed by atoms with Crippen molar-refractivity contribution in [1.82, 2.24) is 10.6 Å². The highest BCUT2D eigenvalue weighted by atomic mass is 19.1. The first kappa shape index (κ1) is 14.9. The molecule has 3 rings (SSSR count). The van der Waals surface area contributed by atoms with E-state index in [0.717, 1.165) is 5.56 Å². The predicted molar refractivity (Wildman–Crippen MR) is 83.4 cm³/mol. The minimum atomic E-state index is -0.379. The Bertz CT molecular complexity index is 746. The lowest BCUT2D eigenvalue weighted by molar-refractivity contribution is 0.174. The van der Waals surface area contributed by atoms with E-state index in [0.29, 0.717) is 23.6 Å². The van der Waals surface area contributed by atoms with Crippen LogP contribution in [0.2, 0.25) is 0 Å². The molecule has 0 atom stereocenters. The van der Waals surface area contributed by atoms with E-state index in [2.05, 4.69) is 10.6 Å². The van der Waals surface area contributed by atoms with Crippen molar-refractivity contribution in [1.29, 1.82) is 0 Å². The SMILES string of the molecule is O=C(N/C=C/c1ccccc1F)NCc1ccc2c(c1)OCO2. The second-order valence-corrected chi connectivity index (χ2v) is 4.87. The summed E-state index contributed by atoms with van der Waals surface area (Å²) in [5.74, 6) is 1.03. The van der Waals surface area contributed by atoms with E-state index in [1.54, 1.807) is 24.3 Å². The number of halogens is 1. The van der Waals surface area contributed by atoms with Crippen molar-refractivity contribution in [3.8, 4) is 11.5 Å². The largest absolute Gasteiger partial charge is 0.454 e. The quantitative estimate of drug-likeness (QED) is 0.912. The molecule has 0 aromatic heterocycles. The van der Waals surface area contributed by atoms with Crippen molar-refractivity contribution >= 4 is 12.1 Å². The zero-order valence-corrected chi connectivity index (χ0v) is 12.2. The molecule has 0 aliphatic carbocycles. The Morgan fingerprint density at radius 1 is 1.17 bits per heavy atom. The van der Waals surface area contributed by atoms with Gasteiger partial charge in [-0.3, -0.25) is 0 Å². The van der Waals surface area contributed by atoms with Crippen LogP contribution in [0.1, 0.15) is 11.1 Å². The third kappa shape index (κ3) is 3.79. The van der Waals surface area contributed by atoms with Crippen LogP contribution in [0.15, 0.2) is 48.7 Å². The van der Waals surface area contributed by atoms with Crippen molar-refractivity contribution in [2.24, 2.45) is 0 Å². The highest BCUT2D eigenvalue weighted by Gasteiger charge is 2.13. The van der Waals surface area contributed by atoms with E-state index in [-0.39, 0.29) is 18.6 Å². The molecule has 0 spiro atoms. The smallest absolute Gasteiger partial charge is 0.319 e. The summed E-state index contributed by atoms with van der Waals surface area (Å²) in [4.78, 5) is 11.7. The van der Waals surface area contributed by atoms with Gasteiger partial charge in [-0.1, -0.05) is 24.3 Å². The molecule has 2 aromatic rings. The molecule has 0 bridgehead atoms. The molecular formula is C17H15FN2O3. The first-order valence-electron chi connectivity index (χ1n) is 7.06. The normalized spacial score (nSPS) is 12.4. The van der Waals surface area contributed by atoms with Crippen LogP contribution in [-0.2, 0) is 6.54 Å². The summed E-state index contributed by atoms with van der Waals surface area (Å²) in [6, 6.07) is 11.4. The van der Waals surface area contributed by atoms with Gasteiger partial charge in [-0.2, -0.15) is 0 Å². The zero-order chi connectivity index (χ0) is 16.1. The van der Waals surface area contributed by atoms with Gasteiger partial charge in [0, 0.05) is 18.3 Å². The molecule has 2 amide bonds. The summed E-state index contributed by atoms with van der Waals surface area (Å²) in [6.07, 6.45) is 2.89. The Labute approximate surface area is 132 Å². The first-order chi connectivity index (χ1) is 11.2. The van der Waals surface area contributed by atoms with Crippen molar-refractivity contribution in [2.75, 3.05) is 6.79 Å². The van der Waals surface area contributed by atoms with Gasteiger partial charge >= 0.3 is 6.03 Å². The molecule has 0 saturated heterocycles. The van der Waals surface area contributed by atoms with E-state index in [1.807, 2.05) is 12.1 Å². The third-order valence-electron chi connectivity index (χ3n) is 3.27.